The Balaban J connectivity index is 2.16. The molecule has 110 valence electrons. The summed E-state index contributed by atoms with van der Waals surface area (Å²) >= 11 is 6.32. The summed E-state index contributed by atoms with van der Waals surface area (Å²) in [6, 6.07) is 2.59. The van der Waals surface area contributed by atoms with Crippen molar-refractivity contribution in [3.05, 3.63) is 16.4 Å². The maximum absolute atomic E-state index is 9.70. The fraction of sp³-hybridized carbons (Fsp3) is 0.750. The molecule has 3 nitrogen and oxygen atoms in total. The van der Waals surface area contributed by atoms with Crippen LogP contribution in [0, 0.1) is 35.5 Å². The van der Waals surface area contributed by atoms with Gasteiger partial charge >= 0.3 is 0 Å². The van der Waals surface area contributed by atoms with Crippen molar-refractivity contribution in [1.82, 2.24) is 9.78 Å². The van der Waals surface area contributed by atoms with E-state index in [-0.39, 0.29) is 5.41 Å². The highest BCUT2D eigenvalue weighted by molar-refractivity contribution is 6.30. The van der Waals surface area contributed by atoms with E-state index in [4.69, 9.17) is 11.6 Å². The summed E-state index contributed by atoms with van der Waals surface area (Å²) in [5.41, 5.74) is 1.76. The fourth-order valence-electron chi connectivity index (χ4n) is 3.40. The zero-order valence-corrected chi connectivity index (χ0v) is 13.7. The van der Waals surface area contributed by atoms with Gasteiger partial charge in [0, 0.05) is 12.6 Å². The van der Waals surface area contributed by atoms with Crippen LogP contribution < -0.4 is 0 Å². The summed E-state index contributed by atoms with van der Waals surface area (Å²) in [5, 5.41) is 14.7. The monoisotopic (exact) mass is 293 g/mol. The lowest BCUT2D eigenvalue weighted by molar-refractivity contribution is 0.175. The molecule has 4 heteroatoms. The van der Waals surface area contributed by atoms with Crippen LogP contribution in [0.4, 0.5) is 0 Å². The Morgan fingerprint density at radius 1 is 1.45 bits per heavy atom. The second kappa shape index (κ2) is 5.77. The topological polar surface area (TPSA) is 41.6 Å². The highest BCUT2D eigenvalue weighted by atomic mass is 35.5. The van der Waals surface area contributed by atoms with Crippen LogP contribution in [0.5, 0.6) is 0 Å². The van der Waals surface area contributed by atoms with Crippen molar-refractivity contribution >= 4 is 11.6 Å². The molecule has 1 fully saturated rings. The van der Waals surface area contributed by atoms with Gasteiger partial charge in [-0.1, -0.05) is 25.4 Å². The number of nitriles is 1. The summed E-state index contributed by atoms with van der Waals surface area (Å²) < 4.78 is 1.71. The third-order valence-corrected chi connectivity index (χ3v) is 5.43. The predicted octanol–water partition coefficient (Wildman–Crippen LogP) is 4.28. The summed E-state index contributed by atoms with van der Waals surface area (Å²) in [7, 11) is 1.85. The predicted molar refractivity (Wildman–Crippen MR) is 81.5 cm³/mol. The normalized spacial score (nSPS) is 26.8. The lowest BCUT2D eigenvalue weighted by atomic mass is 9.66. The van der Waals surface area contributed by atoms with Crippen LogP contribution >= 0.6 is 11.6 Å². The number of hydrogen-bond donors (Lipinski definition) is 0. The minimum Gasteiger partial charge on any atom is -0.257 e. The second-order valence-electron chi connectivity index (χ2n) is 6.63. The van der Waals surface area contributed by atoms with E-state index in [2.05, 4.69) is 25.0 Å². The summed E-state index contributed by atoms with van der Waals surface area (Å²) in [6.45, 7) is 6.55. The molecule has 20 heavy (non-hydrogen) atoms. The quantitative estimate of drug-likeness (QED) is 0.834. The van der Waals surface area contributed by atoms with Crippen LogP contribution in [0.1, 0.15) is 50.8 Å². The molecule has 0 atom stereocenters. The molecule has 0 amide bonds. The van der Waals surface area contributed by atoms with Crippen LogP contribution in [0.25, 0.3) is 0 Å². The molecule has 0 radical (unpaired) electrons. The van der Waals surface area contributed by atoms with Crippen molar-refractivity contribution in [3.63, 3.8) is 0 Å². The van der Waals surface area contributed by atoms with Gasteiger partial charge in [-0.3, -0.25) is 4.68 Å². The van der Waals surface area contributed by atoms with E-state index < -0.39 is 0 Å². The van der Waals surface area contributed by atoms with E-state index in [1.54, 1.807) is 4.68 Å². The number of halogens is 1. The maximum Gasteiger partial charge on any atom is 0.130 e. The molecule has 2 rings (SSSR count). The first kappa shape index (κ1) is 15.4. The Bertz CT molecular complexity index is 517. The third kappa shape index (κ3) is 2.86. The molecule has 0 unspecified atom stereocenters. The zero-order valence-electron chi connectivity index (χ0n) is 12.9. The Hall–Kier alpha value is -1.01. The highest BCUT2D eigenvalue weighted by Crippen LogP contribution is 2.44. The van der Waals surface area contributed by atoms with Gasteiger partial charge in [-0.05, 0) is 50.9 Å². The molecule has 1 saturated carbocycles. The molecule has 1 aromatic rings. The second-order valence-corrected chi connectivity index (χ2v) is 6.99. The summed E-state index contributed by atoms with van der Waals surface area (Å²) in [4.78, 5) is 0. The molecular formula is C16H24ClN3. The van der Waals surface area contributed by atoms with Crippen molar-refractivity contribution in [2.45, 2.75) is 52.9 Å². The number of hydrogen-bond acceptors (Lipinski definition) is 2. The third-order valence-electron chi connectivity index (χ3n) is 4.95. The first-order valence-electron chi connectivity index (χ1n) is 7.48. The van der Waals surface area contributed by atoms with E-state index in [9.17, 15) is 5.26 Å². The average molecular weight is 294 g/mol. The minimum absolute atomic E-state index is 0.247. The SMILES string of the molecule is Cc1nn(C)c(Cl)c1CC1(C#N)CCC(C(C)C)CC1. The number of aromatic nitrogens is 2. The van der Waals surface area contributed by atoms with Gasteiger partial charge < -0.3 is 0 Å². The lowest BCUT2D eigenvalue weighted by Crippen LogP contribution is -2.30. The maximum atomic E-state index is 9.70. The van der Waals surface area contributed by atoms with Crippen molar-refractivity contribution in [2.75, 3.05) is 0 Å². The number of nitrogens with zero attached hydrogens (tertiary/aromatic N) is 3. The Morgan fingerprint density at radius 3 is 2.45 bits per heavy atom. The van der Waals surface area contributed by atoms with Crippen LogP contribution in [-0.2, 0) is 13.5 Å². The van der Waals surface area contributed by atoms with Gasteiger partial charge in [-0.15, -0.1) is 0 Å². The molecule has 1 aromatic heterocycles. The van der Waals surface area contributed by atoms with Crippen LogP contribution in [0.15, 0.2) is 0 Å². The lowest BCUT2D eigenvalue weighted by Gasteiger charge is -2.36. The van der Waals surface area contributed by atoms with E-state index in [0.29, 0.717) is 5.15 Å². The molecule has 0 aliphatic heterocycles. The van der Waals surface area contributed by atoms with E-state index in [1.807, 2.05) is 14.0 Å². The van der Waals surface area contributed by atoms with Crippen molar-refractivity contribution in [1.29, 1.82) is 5.26 Å². The molecule has 0 spiro atoms. The summed E-state index contributed by atoms with van der Waals surface area (Å²) in [5.74, 6) is 1.48. The van der Waals surface area contributed by atoms with E-state index >= 15 is 0 Å². The summed E-state index contributed by atoms with van der Waals surface area (Å²) in [6.07, 6.45) is 5.02. The number of aryl methyl sites for hydroxylation is 2. The Kier molecular flexibility index (Phi) is 4.44. The molecule has 0 N–H and O–H groups in total. The van der Waals surface area contributed by atoms with Gasteiger partial charge in [0.1, 0.15) is 5.15 Å². The standard InChI is InChI=1S/C16H24ClN3/c1-11(2)13-5-7-16(10-18,8-6-13)9-14-12(3)19-20(4)15(14)17/h11,13H,5-9H2,1-4H3. The van der Waals surface area contributed by atoms with Crippen LogP contribution in [0.2, 0.25) is 5.15 Å². The van der Waals surface area contributed by atoms with E-state index in [1.165, 1.54) is 0 Å². The molecule has 0 bridgehead atoms. The Labute approximate surface area is 126 Å². The van der Waals surface area contributed by atoms with Gasteiger partial charge in [-0.2, -0.15) is 10.4 Å². The molecule has 1 heterocycles. The largest absolute Gasteiger partial charge is 0.257 e. The van der Waals surface area contributed by atoms with Gasteiger partial charge in [0.25, 0.3) is 0 Å². The van der Waals surface area contributed by atoms with Gasteiger partial charge in [0.15, 0.2) is 0 Å². The average Bonchev–Trinajstić information content (AvgIpc) is 2.66. The van der Waals surface area contributed by atoms with Crippen molar-refractivity contribution < 1.29 is 0 Å². The van der Waals surface area contributed by atoms with Crippen LogP contribution in [0.3, 0.4) is 0 Å². The van der Waals surface area contributed by atoms with Gasteiger partial charge in [0.2, 0.25) is 0 Å². The molecule has 0 aromatic carbocycles. The minimum atomic E-state index is -0.247. The highest BCUT2D eigenvalue weighted by Gasteiger charge is 2.37. The van der Waals surface area contributed by atoms with E-state index in [0.717, 1.165) is 55.2 Å². The smallest absolute Gasteiger partial charge is 0.130 e. The zero-order chi connectivity index (χ0) is 14.9. The fourth-order valence-corrected chi connectivity index (χ4v) is 3.64. The molecular weight excluding hydrogens is 270 g/mol. The first-order chi connectivity index (χ1) is 9.38. The van der Waals surface area contributed by atoms with Crippen LogP contribution in [-0.4, -0.2) is 9.78 Å². The molecule has 1 aliphatic carbocycles. The Morgan fingerprint density at radius 2 is 2.05 bits per heavy atom. The van der Waals surface area contributed by atoms with Crippen molar-refractivity contribution in [3.8, 4) is 6.07 Å². The van der Waals surface area contributed by atoms with Crippen molar-refractivity contribution in [2.24, 2.45) is 24.3 Å². The molecule has 1 aliphatic rings. The van der Waals surface area contributed by atoms with Gasteiger partial charge in [0.05, 0.1) is 17.2 Å². The first-order valence-corrected chi connectivity index (χ1v) is 7.85. The molecule has 0 saturated heterocycles. The van der Waals surface area contributed by atoms with Gasteiger partial charge in [-0.25, -0.2) is 0 Å². The number of rotatable bonds is 3.